The van der Waals surface area contributed by atoms with Gasteiger partial charge < -0.3 is 60.7 Å². The Balaban J connectivity index is 0.000000762. The third-order valence-electron chi connectivity index (χ3n) is 5.35. The summed E-state index contributed by atoms with van der Waals surface area (Å²) in [7, 11) is 0. The van der Waals surface area contributed by atoms with Crippen molar-refractivity contribution >= 4 is 35.7 Å². The second-order valence-corrected chi connectivity index (χ2v) is 8.32. The second kappa shape index (κ2) is 19.9. The Morgan fingerprint density at radius 1 is 0.634 bits per heavy atom. The molecule has 0 aliphatic heterocycles. The van der Waals surface area contributed by atoms with Crippen LogP contribution in [0.15, 0.2) is 58.5 Å². The minimum Gasteiger partial charge on any atom is -0.545 e. The maximum Gasteiger partial charge on any atom is 2.00 e. The van der Waals surface area contributed by atoms with Crippen LogP contribution in [0.3, 0.4) is 0 Å². The number of carbonyl (C=O) groups excluding carboxylic acids is 2. The van der Waals surface area contributed by atoms with E-state index in [4.69, 9.17) is 20.4 Å². The molecule has 8 N–H and O–H groups in total. The monoisotopic (exact) mass is 619 g/mol. The first-order valence-corrected chi connectivity index (χ1v) is 11.9. The maximum absolute atomic E-state index is 10.8. The molecule has 2 rings (SSSR count). The number of hydrogen-bond acceptors (Lipinski definition) is 14. The van der Waals surface area contributed by atoms with Crippen molar-refractivity contribution in [3.8, 4) is 0 Å². The van der Waals surface area contributed by atoms with Crippen LogP contribution < -0.4 is 10.2 Å². The van der Waals surface area contributed by atoms with Gasteiger partial charge in [0.15, 0.2) is 0 Å². The first kappa shape index (κ1) is 37.9. The van der Waals surface area contributed by atoms with Crippen molar-refractivity contribution < 1.29 is 77.7 Å². The summed E-state index contributed by atoms with van der Waals surface area (Å²) in [5.74, 6) is -2.73. The predicted molar refractivity (Wildman–Crippen MR) is 137 cm³/mol. The number of carboxylic acid groups (broad SMARTS) is 2. The first-order valence-electron chi connectivity index (χ1n) is 11.9. The van der Waals surface area contributed by atoms with Crippen LogP contribution in [-0.2, 0) is 17.1 Å². The molecule has 1 radical (unpaired) electrons. The molecule has 14 nitrogen and oxygen atoms in total. The molecule has 0 amide bonds. The summed E-state index contributed by atoms with van der Waals surface area (Å²) in [6.45, 7) is -1.36. The van der Waals surface area contributed by atoms with Gasteiger partial charge in [-0.15, -0.1) is 0 Å². The Hall–Kier alpha value is -3.08. The van der Waals surface area contributed by atoms with E-state index in [1.54, 1.807) is 12.1 Å². The summed E-state index contributed by atoms with van der Waals surface area (Å²) < 4.78 is 0. The van der Waals surface area contributed by atoms with E-state index in [0.717, 1.165) is 0 Å². The molecule has 41 heavy (non-hydrogen) atoms. The molecule has 0 unspecified atom stereocenters. The van der Waals surface area contributed by atoms with Crippen LogP contribution in [0.5, 0.6) is 0 Å². The Labute approximate surface area is 245 Å². The Morgan fingerprint density at radius 3 is 1.24 bits per heavy atom. The quantitative estimate of drug-likeness (QED) is 0.0754. The summed E-state index contributed by atoms with van der Waals surface area (Å²) in [6, 6.07) is 11.9. The average Bonchev–Trinajstić information content (AvgIpc) is 2.95. The summed E-state index contributed by atoms with van der Waals surface area (Å²) in [6.07, 6.45) is -6.35. The summed E-state index contributed by atoms with van der Waals surface area (Å²) in [5, 5.41) is 95.0. The van der Waals surface area contributed by atoms with E-state index in [1.165, 1.54) is 48.8 Å². The number of hydrogen-bond donors (Lipinski definition) is 8. The Morgan fingerprint density at radius 2 is 0.951 bits per heavy atom. The van der Waals surface area contributed by atoms with Crippen LogP contribution >= 0.6 is 0 Å². The number of nitrogens with zero attached hydrogens (tertiary/aromatic N) is 2. The minimum atomic E-state index is -1.51. The zero-order chi connectivity index (χ0) is 30.2. The van der Waals surface area contributed by atoms with E-state index < -0.39 is 61.8 Å². The molecule has 225 valence electrons. The third-order valence-corrected chi connectivity index (χ3v) is 5.35. The van der Waals surface area contributed by atoms with E-state index >= 15 is 0 Å². The Kier molecular flexibility index (Phi) is 18.4. The van der Waals surface area contributed by atoms with Crippen molar-refractivity contribution in [3.63, 3.8) is 0 Å². The zero-order valence-electron chi connectivity index (χ0n) is 21.5. The van der Waals surface area contributed by atoms with E-state index in [1.807, 2.05) is 0 Å². The van der Waals surface area contributed by atoms with Crippen molar-refractivity contribution in [2.75, 3.05) is 13.2 Å². The van der Waals surface area contributed by atoms with Crippen molar-refractivity contribution in [2.45, 2.75) is 49.5 Å². The van der Waals surface area contributed by atoms with Crippen LogP contribution in [0.1, 0.15) is 33.6 Å². The van der Waals surface area contributed by atoms with Gasteiger partial charge in [-0.25, -0.2) is 0 Å². The topological polar surface area (TPSA) is 267 Å². The van der Waals surface area contributed by atoms with Crippen molar-refractivity contribution in [1.82, 2.24) is 0 Å². The van der Waals surface area contributed by atoms with Gasteiger partial charge in [-0.05, 0) is 12.1 Å². The molecule has 0 spiro atoms. The fourth-order valence-electron chi connectivity index (χ4n) is 3.04. The molecule has 0 saturated carbocycles. The van der Waals surface area contributed by atoms with Crippen LogP contribution in [0.25, 0.3) is 0 Å². The molecule has 0 fully saturated rings. The molecule has 0 bridgehead atoms. The molecule has 2 aromatic rings. The molecule has 15 heteroatoms. The number of aliphatic imine (C=N–C) groups is 2. The molecule has 0 aromatic heterocycles. The number of carbonyl (C=O) groups is 2. The van der Waals surface area contributed by atoms with Gasteiger partial charge in [0.25, 0.3) is 0 Å². The molecule has 0 aliphatic rings. The van der Waals surface area contributed by atoms with Crippen LogP contribution in [0, 0.1) is 0 Å². The first-order chi connectivity index (χ1) is 18.9. The predicted octanol–water partition coefficient (Wildman–Crippen LogP) is -3.57. The van der Waals surface area contributed by atoms with Crippen LogP contribution in [0.4, 0.5) is 11.4 Å². The van der Waals surface area contributed by atoms with E-state index in [-0.39, 0.29) is 52.4 Å². The van der Waals surface area contributed by atoms with E-state index in [0.29, 0.717) is 0 Å². The normalized spacial score (nSPS) is 15.6. The van der Waals surface area contributed by atoms with Gasteiger partial charge in [0.1, 0.15) is 24.4 Å². The SMILES string of the molecule is O=C([O-])c1ccccc1N=CC[C@H](O)[C@@H](O)[C@H](O)CO.O=C([O-])c1ccccc1N=CC[C@H](O)[C@@H](O)[C@H](O)CO.[Mn+2]. The average molecular weight is 619 g/mol. The second-order valence-electron chi connectivity index (χ2n) is 8.32. The van der Waals surface area contributed by atoms with Gasteiger partial charge in [0.05, 0.1) is 48.7 Å². The van der Waals surface area contributed by atoms with Gasteiger partial charge in [0.2, 0.25) is 0 Å². The molecular weight excluding hydrogens is 587 g/mol. The van der Waals surface area contributed by atoms with E-state index in [9.17, 15) is 40.2 Å². The number of aliphatic hydroxyl groups excluding tert-OH is 8. The molecular formula is C26H32MnN2O12. The maximum atomic E-state index is 10.8. The van der Waals surface area contributed by atoms with Gasteiger partial charge in [-0.2, -0.15) is 0 Å². The van der Waals surface area contributed by atoms with Crippen molar-refractivity contribution in [3.05, 3.63) is 59.7 Å². The van der Waals surface area contributed by atoms with Gasteiger partial charge in [-0.1, -0.05) is 36.4 Å². The molecule has 0 saturated heterocycles. The van der Waals surface area contributed by atoms with Gasteiger partial charge >= 0.3 is 17.1 Å². The summed E-state index contributed by atoms with van der Waals surface area (Å²) >= 11 is 0. The standard InChI is InChI=1S/2C13H17NO6.Mn/c2*15-7-11(17)12(18)10(16)5-6-14-9-4-2-1-3-8(9)13(19)20;/h2*1-4,6,10-12,15-18H,5,7H2,(H,19,20);/q;;+2/p-2/t2*10-,11+,12+;/m00./s1. The number of rotatable bonds is 14. The largest absolute Gasteiger partial charge is 2.00 e. The van der Waals surface area contributed by atoms with Gasteiger partial charge in [0, 0.05) is 36.4 Å². The number of benzene rings is 2. The minimum absolute atomic E-state index is 0. The Bertz CT molecular complexity index is 1050. The fraction of sp³-hybridized carbons (Fsp3) is 0.385. The number of carboxylic acids is 2. The van der Waals surface area contributed by atoms with E-state index in [2.05, 4.69) is 9.98 Å². The molecule has 0 heterocycles. The van der Waals surface area contributed by atoms with Crippen molar-refractivity contribution in [2.24, 2.45) is 9.98 Å². The third kappa shape index (κ3) is 13.0. The number of para-hydroxylation sites is 2. The smallest absolute Gasteiger partial charge is 0.545 e. The molecule has 6 atom stereocenters. The van der Waals surface area contributed by atoms with Crippen LogP contribution in [0.2, 0.25) is 0 Å². The molecule has 0 aliphatic carbocycles. The van der Waals surface area contributed by atoms with Crippen LogP contribution in [-0.4, -0.2) is 115 Å². The van der Waals surface area contributed by atoms with Crippen molar-refractivity contribution in [1.29, 1.82) is 0 Å². The summed E-state index contributed by atoms with van der Waals surface area (Å²) in [4.78, 5) is 29.4. The fourth-order valence-corrected chi connectivity index (χ4v) is 3.04. The number of aromatic carboxylic acids is 2. The number of aliphatic hydroxyl groups is 8. The zero-order valence-corrected chi connectivity index (χ0v) is 22.7. The summed E-state index contributed by atoms with van der Waals surface area (Å²) in [5.41, 5.74) is 0.150. The molecule has 2 aromatic carbocycles. The van der Waals surface area contributed by atoms with Gasteiger partial charge in [-0.3, -0.25) is 9.98 Å².